The smallest absolute Gasteiger partial charge is 0.250 e. The molecule has 0 atom stereocenters. The maximum Gasteiger partial charge on any atom is 0.250 e. The molecule has 0 aliphatic heterocycles. The molecule has 1 aromatic rings. The molecule has 1 heterocycles. The van der Waals surface area contributed by atoms with Crippen molar-refractivity contribution in [1.29, 1.82) is 0 Å². The Balaban J connectivity index is 2.36. The van der Waals surface area contributed by atoms with E-state index in [0.717, 1.165) is 26.0 Å². The van der Waals surface area contributed by atoms with Crippen LogP contribution in [0.1, 0.15) is 32.3 Å². The molecule has 108 valence electrons. The zero-order valence-corrected chi connectivity index (χ0v) is 11.7. The molecule has 0 spiro atoms. The molecule has 0 fully saturated rings. The molecule has 0 bridgehead atoms. The first-order valence-corrected chi connectivity index (χ1v) is 6.84. The van der Waals surface area contributed by atoms with Crippen LogP contribution in [-0.4, -0.2) is 31.3 Å². The summed E-state index contributed by atoms with van der Waals surface area (Å²) in [6.07, 6.45) is 3.69. The number of unbranched alkanes of at least 4 members (excludes halogenated alkanes) is 1. The maximum atomic E-state index is 14.0. The standard InChI is InChI=1S/C14H23FN2O2/c1-3-5-8-18-9-10-19-14-13(15)12(6-7-17-14)11-16-4-2/h6-7,16H,3-5,8-11H2,1-2H3. The molecule has 5 heteroatoms. The number of ether oxygens (including phenoxy) is 2. The van der Waals surface area contributed by atoms with Crippen LogP contribution in [0.15, 0.2) is 12.3 Å². The SMILES string of the molecule is CCCCOCCOc1nccc(CNCC)c1F. The minimum atomic E-state index is -0.392. The van der Waals surface area contributed by atoms with E-state index < -0.39 is 5.82 Å². The van der Waals surface area contributed by atoms with E-state index in [1.165, 1.54) is 0 Å². The van der Waals surface area contributed by atoms with Crippen molar-refractivity contribution in [3.63, 3.8) is 0 Å². The lowest BCUT2D eigenvalue weighted by atomic mass is 10.2. The minimum absolute atomic E-state index is 0.0505. The maximum absolute atomic E-state index is 14.0. The first kappa shape index (κ1) is 15.9. The molecule has 0 radical (unpaired) electrons. The van der Waals surface area contributed by atoms with Crippen LogP contribution in [0.3, 0.4) is 0 Å². The molecule has 1 rings (SSSR count). The summed E-state index contributed by atoms with van der Waals surface area (Å²) in [5.74, 6) is -0.341. The summed E-state index contributed by atoms with van der Waals surface area (Å²) in [7, 11) is 0. The van der Waals surface area contributed by atoms with Crippen molar-refractivity contribution in [3.8, 4) is 5.88 Å². The Bertz CT molecular complexity index is 361. The lowest BCUT2D eigenvalue weighted by Crippen LogP contribution is -2.14. The number of pyridine rings is 1. The molecule has 19 heavy (non-hydrogen) atoms. The Kier molecular flexibility index (Phi) is 8.09. The largest absolute Gasteiger partial charge is 0.473 e. The van der Waals surface area contributed by atoms with E-state index in [1.807, 2.05) is 6.92 Å². The summed E-state index contributed by atoms with van der Waals surface area (Å²) in [5.41, 5.74) is 0.568. The van der Waals surface area contributed by atoms with Crippen molar-refractivity contribution in [2.24, 2.45) is 0 Å². The normalized spacial score (nSPS) is 10.7. The molecule has 1 N–H and O–H groups in total. The van der Waals surface area contributed by atoms with Gasteiger partial charge in [-0.05, 0) is 19.0 Å². The van der Waals surface area contributed by atoms with Crippen molar-refractivity contribution < 1.29 is 13.9 Å². The highest BCUT2D eigenvalue weighted by molar-refractivity contribution is 5.23. The molecule has 4 nitrogen and oxygen atoms in total. The highest BCUT2D eigenvalue weighted by Gasteiger charge is 2.10. The lowest BCUT2D eigenvalue weighted by molar-refractivity contribution is 0.0948. The van der Waals surface area contributed by atoms with Gasteiger partial charge in [0.15, 0.2) is 5.82 Å². The zero-order valence-electron chi connectivity index (χ0n) is 11.7. The van der Waals surface area contributed by atoms with Crippen LogP contribution in [-0.2, 0) is 11.3 Å². The van der Waals surface area contributed by atoms with Crippen LogP contribution in [0.25, 0.3) is 0 Å². The Morgan fingerprint density at radius 3 is 2.84 bits per heavy atom. The third-order valence-corrected chi connectivity index (χ3v) is 2.61. The van der Waals surface area contributed by atoms with Gasteiger partial charge >= 0.3 is 0 Å². The second-order valence-electron chi connectivity index (χ2n) is 4.18. The molecule has 0 aliphatic carbocycles. The van der Waals surface area contributed by atoms with Crippen LogP contribution in [0.5, 0.6) is 5.88 Å². The van der Waals surface area contributed by atoms with Crippen molar-refractivity contribution in [3.05, 3.63) is 23.6 Å². The quantitative estimate of drug-likeness (QED) is 0.663. The summed E-state index contributed by atoms with van der Waals surface area (Å²) < 4.78 is 24.6. The monoisotopic (exact) mass is 270 g/mol. The van der Waals surface area contributed by atoms with Gasteiger partial charge in [0.05, 0.1) is 6.61 Å². The fraction of sp³-hybridized carbons (Fsp3) is 0.643. The third kappa shape index (κ3) is 5.98. The van der Waals surface area contributed by atoms with E-state index in [-0.39, 0.29) is 5.88 Å². The van der Waals surface area contributed by atoms with E-state index in [2.05, 4.69) is 17.2 Å². The topological polar surface area (TPSA) is 43.4 Å². The predicted molar refractivity (Wildman–Crippen MR) is 72.8 cm³/mol. The van der Waals surface area contributed by atoms with Crippen LogP contribution < -0.4 is 10.1 Å². The summed E-state index contributed by atoms with van der Waals surface area (Å²) in [6, 6.07) is 1.66. The number of nitrogens with zero attached hydrogens (tertiary/aromatic N) is 1. The number of hydrogen-bond acceptors (Lipinski definition) is 4. The first-order chi connectivity index (χ1) is 9.29. The minimum Gasteiger partial charge on any atom is -0.473 e. The molecule has 0 amide bonds. The summed E-state index contributed by atoms with van der Waals surface area (Å²) in [4.78, 5) is 3.90. The fourth-order valence-corrected chi connectivity index (χ4v) is 1.50. The summed E-state index contributed by atoms with van der Waals surface area (Å²) in [6.45, 7) is 6.85. The molecular formula is C14H23FN2O2. The number of rotatable bonds is 10. The van der Waals surface area contributed by atoms with Gasteiger partial charge in [-0.1, -0.05) is 20.3 Å². The van der Waals surface area contributed by atoms with E-state index >= 15 is 0 Å². The Hall–Kier alpha value is -1.20. The van der Waals surface area contributed by atoms with Crippen LogP contribution in [0.4, 0.5) is 4.39 Å². The van der Waals surface area contributed by atoms with Crippen molar-refractivity contribution in [2.75, 3.05) is 26.4 Å². The second kappa shape index (κ2) is 9.69. The van der Waals surface area contributed by atoms with Gasteiger partial charge in [0.2, 0.25) is 0 Å². The van der Waals surface area contributed by atoms with Crippen LogP contribution >= 0.6 is 0 Å². The van der Waals surface area contributed by atoms with E-state index in [4.69, 9.17) is 9.47 Å². The van der Waals surface area contributed by atoms with E-state index in [0.29, 0.717) is 25.3 Å². The number of nitrogens with one attached hydrogen (secondary N) is 1. The van der Waals surface area contributed by atoms with Gasteiger partial charge < -0.3 is 14.8 Å². The molecule has 0 saturated heterocycles. The average molecular weight is 270 g/mol. The Labute approximate surface area is 114 Å². The van der Waals surface area contributed by atoms with Gasteiger partial charge in [-0.15, -0.1) is 0 Å². The van der Waals surface area contributed by atoms with Crippen molar-refractivity contribution >= 4 is 0 Å². The number of halogens is 1. The van der Waals surface area contributed by atoms with Crippen molar-refractivity contribution in [1.82, 2.24) is 10.3 Å². The van der Waals surface area contributed by atoms with Crippen LogP contribution in [0.2, 0.25) is 0 Å². The Morgan fingerprint density at radius 2 is 2.11 bits per heavy atom. The van der Waals surface area contributed by atoms with E-state index in [9.17, 15) is 4.39 Å². The molecule has 0 saturated carbocycles. The predicted octanol–water partition coefficient (Wildman–Crippen LogP) is 2.53. The lowest BCUT2D eigenvalue weighted by Gasteiger charge is -2.09. The molecule has 1 aromatic heterocycles. The third-order valence-electron chi connectivity index (χ3n) is 2.61. The highest BCUT2D eigenvalue weighted by atomic mass is 19.1. The highest BCUT2D eigenvalue weighted by Crippen LogP contribution is 2.17. The van der Waals surface area contributed by atoms with Gasteiger partial charge in [-0.3, -0.25) is 0 Å². The van der Waals surface area contributed by atoms with Crippen molar-refractivity contribution in [2.45, 2.75) is 33.2 Å². The molecule has 0 aromatic carbocycles. The number of hydrogen-bond donors (Lipinski definition) is 1. The Morgan fingerprint density at radius 1 is 1.26 bits per heavy atom. The van der Waals surface area contributed by atoms with E-state index in [1.54, 1.807) is 12.3 Å². The molecular weight excluding hydrogens is 247 g/mol. The zero-order chi connectivity index (χ0) is 13.9. The van der Waals surface area contributed by atoms with Gasteiger partial charge in [-0.2, -0.15) is 0 Å². The first-order valence-electron chi connectivity index (χ1n) is 6.84. The van der Waals surface area contributed by atoms with Gasteiger partial charge in [-0.25, -0.2) is 9.37 Å². The van der Waals surface area contributed by atoms with Crippen LogP contribution in [0, 0.1) is 5.82 Å². The number of aromatic nitrogens is 1. The second-order valence-corrected chi connectivity index (χ2v) is 4.18. The molecule has 0 unspecified atom stereocenters. The van der Waals surface area contributed by atoms with Gasteiger partial charge in [0, 0.05) is 24.9 Å². The average Bonchev–Trinajstić information content (AvgIpc) is 2.43. The van der Waals surface area contributed by atoms with Gasteiger partial charge in [0.1, 0.15) is 6.61 Å². The fourth-order valence-electron chi connectivity index (χ4n) is 1.50. The summed E-state index contributed by atoms with van der Waals surface area (Å²) >= 11 is 0. The summed E-state index contributed by atoms with van der Waals surface area (Å²) in [5, 5.41) is 3.08. The van der Waals surface area contributed by atoms with Gasteiger partial charge in [0.25, 0.3) is 5.88 Å². The molecule has 0 aliphatic rings.